The molecule has 4 saturated heterocycles. The van der Waals surface area contributed by atoms with Crippen molar-refractivity contribution in [3.63, 3.8) is 0 Å². The van der Waals surface area contributed by atoms with E-state index in [0.717, 1.165) is 0 Å². The standard InChI is InChI=1S/C19H22N2O6S3/c1-28-18-5-7-9(22)2-3-10(23)13(7)20(18)17(27)19-6-8-11(24)4-12(29-30-19)15(25)14(8)21(19)16(18)26/h7-8,10,12-15,23,25H,2-6H2,1H3/t7-,8-,10-,12-,13-,14-,15-,18+,19+/m0/s1. The fraction of sp³-hybridized carbons (Fsp3) is 0.789. The molecule has 8 nitrogen and oxygen atoms in total. The van der Waals surface area contributed by atoms with Crippen molar-refractivity contribution < 1.29 is 29.4 Å². The van der Waals surface area contributed by atoms with Gasteiger partial charge < -0.3 is 20.0 Å². The van der Waals surface area contributed by atoms with Crippen LogP contribution in [0.25, 0.3) is 0 Å². The van der Waals surface area contributed by atoms with E-state index in [1.54, 1.807) is 6.26 Å². The molecule has 2 saturated carbocycles. The molecule has 162 valence electrons. The van der Waals surface area contributed by atoms with Crippen molar-refractivity contribution in [2.75, 3.05) is 6.26 Å². The molecule has 6 aliphatic rings. The Hall–Kier alpha value is -0.750. The lowest BCUT2D eigenvalue weighted by atomic mass is 9.80. The first-order chi connectivity index (χ1) is 14.3. The average Bonchev–Trinajstić information content (AvgIpc) is 3.24. The van der Waals surface area contributed by atoms with Crippen molar-refractivity contribution in [3.8, 4) is 0 Å². The van der Waals surface area contributed by atoms with Crippen LogP contribution in [0.2, 0.25) is 0 Å². The molecule has 4 aliphatic heterocycles. The van der Waals surface area contributed by atoms with Crippen molar-refractivity contribution in [3.05, 3.63) is 0 Å². The van der Waals surface area contributed by atoms with Crippen LogP contribution >= 0.6 is 33.3 Å². The highest BCUT2D eigenvalue weighted by molar-refractivity contribution is 8.77. The third-order valence-electron chi connectivity index (χ3n) is 7.99. The Morgan fingerprint density at radius 2 is 1.73 bits per heavy atom. The topological polar surface area (TPSA) is 115 Å². The summed E-state index contributed by atoms with van der Waals surface area (Å²) < 4.78 is 0. The molecule has 0 radical (unpaired) electrons. The molecule has 30 heavy (non-hydrogen) atoms. The molecule has 0 spiro atoms. The van der Waals surface area contributed by atoms with Crippen LogP contribution in [-0.4, -0.2) is 88.9 Å². The Morgan fingerprint density at radius 3 is 2.47 bits per heavy atom. The highest BCUT2D eigenvalue weighted by Gasteiger charge is 2.77. The largest absolute Gasteiger partial charge is 0.391 e. The molecule has 0 aromatic rings. The number of piperazine rings is 1. The molecule has 2 amide bonds. The summed E-state index contributed by atoms with van der Waals surface area (Å²) >= 11 is 1.23. The molecule has 6 rings (SSSR count). The number of carbonyl (C=O) groups excluding carboxylic acids is 4. The zero-order valence-electron chi connectivity index (χ0n) is 16.2. The molecular weight excluding hydrogens is 448 g/mol. The van der Waals surface area contributed by atoms with Gasteiger partial charge in [0, 0.05) is 37.5 Å². The van der Waals surface area contributed by atoms with E-state index in [2.05, 4.69) is 0 Å². The van der Waals surface area contributed by atoms with Gasteiger partial charge in [0.25, 0.3) is 11.8 Å². The number of thioether (sulfide) groups is 1. The van der Waals surface area contributed by atoms with Crippen molar-refractivity contribution in [1.82, 2.24) is 9.80 Å². The van der Waals surface area contributed by atoms with Crippen molar-refractivity contribution in [2.45, 2.75) is 71.4 Å². The first kappa shape index (κ1) is 19.9. The van der Waals surface area contributed by atoms with Gasteiger partial charge in [-0.25, -0.2) is 0 Å². The summed E-state index contributed by atoms with van der Waals surface area (Å²) in [6.45, 7) is 0. The monoisotopic (exact) mass is 470 g/mol. The highest BCUT2D eigenvalue weighted by Crippen LogP contribution is 2.65. The van der Waals surface area contributed by atoms with Gasteiger partial charge in [0.15, 0.2) is 9.74 Å². The second-order valence-electron chi connectivity index (χ2n) is 9.18. The molecule has 4 heterocycles. The lowest BCUT2D eigenvalue weighted by Crippen LogP contribution is -2.74. The number of amides is 2. The van der Waals surface area contributed by atoms with Crippen molar-refractivity contribution >= 4 is 56.7 Å². The van der Waals surface area contributed by atoms with E-state index in [0.29, 0.717) is 0 Å². The van der Waals surface area contributed by atoms with E-state index >= 15 is 0 Å². The number of nitrogens with zero attached hydrogens (tertiary/aromatic N) is 2. The summed E-state index contributed by atoms with van der Waals surface area (Å²) in [5.41, 5.74) is 0. The zero-order valence-corrected chi connectivity index (χ0v) is 18.7. The highest BCUT2D eigenvalue weighted by atomic mass is 33.1. The lowest BCUT2D eigenvalue weighted by molar-refractivity contribution is -0.170. The fourth-order valence-corrected chi connectivity index (χ4v) is 11.2. The number of fused-ring (bicyclic) bond motifs is 4. The molecule has 9 atom stereocenters. The summed E-state index contributed by atoms with van der Waals surface area (Å²) in [4.78, 5) is 54.2. The van der Waals surface area contributed by atoms with Gasteiger partial charge in [-0.3, -0.25) is 19.2 Å². The molecular formula is C19H22N2O6S3. The number of aliphatic hydroxyl groups is 2. The minimum Gasteiger partial charge on any atom is -0.391 e. The van der Waals surface area contributed by atoms with Gasteiger partial charge in [-0.15, -0.1) is 11.8 Å². The first-order valence-corrected chi connectivity index (χ1v) is 13.7. The van der Waals surface area contributed by atoms with Crippen LogP contribution in [0.5, 0.6) is 0 Å². The van der Waals surface area contributed by atoms with Gasteiger partial charge in [0.1, 0.15) is 11.6 Å². The summed E-state index contributed by atoms with van der Waals surface area (Å²) in [5.74, 6) is -1.73. The number of carbonyl (C=O) groups is 4. The Kier molecular flexibility index (Phi) is 4.10. The number of rotatable bonds is 1. The van der Waals surface area contributed by atoms with Gasteiger partial charge >= 0.3 is 0 Å². The van der Waals surface area contributed by atoms with E-state index in [1.165, 1.54) is 43.1 Å². The summed E-state index contributed by atoms with van der Waals surface area (Å²) in [5, 5.41) is 21.4. The Bertz CT molecular complexity index is 901. The van der Waals surface area contributed by atoms with E-state index in [9.17, 15) is 29.4 Å². The molecule has 0 unspecified atom stereocenters. The average molecular weight is 471 g/mol. The minimum absolute atomic E-state index is 0.00147. The minimum atomic E-state index is -1.28. The third kappa shape index (κ3) is 2.07. The fourth-order valence-electron chi connectivity index (χ4n) is 6.62. The summed E-state index contributed by atoms with van der Waals surface area (Å²) in [7, 11) is 2.60. The number of Topliss-reactive ketones (excluding diaryl/α,β-unsaturated/α-hetero) is 2. The number of hydrogen-bond acceptors (Lipinski definition) is 9. The predicted molar refractivity (Wildman–Crippen MR) is 111 cm³/mol. The van der Waals surface area contributed by atoms with Gasteiger partial charge in [0.2, 0.25) is 0 Å². The van der Waals surface area contributed by atoms with Gasteiger partial charge in [-0.2, -0.15) is 0 Å². The molecule has 6 fully saturated rings. The predicted octanol–water partition coefficient (Wildman–Crippen LogP) is 0.0109. The number of ketones is 2. The molecule has 0 aromatic carbocycles. The Morgan fingerprint density at radius 1 is 1.00 bits per heavy atom. The summed E-state index contributed by atoms with van der Waals surface area (Å²) in [6, 6.07) is -1.41. The normalized spacial score (nSPS) is 51.8. The van der Waals surface area contributed by atoms with Crippen LogP contribution in [0.3, 0.4) is 0 Å². The second kappa shape index (κ2) is 6.18. The first-order valence-electron chi connectivity index (χ1n) is 10.3. The van der Waals surface area contributed by atoms with E-state index in [-0.39, 0.29) is 60.7 Å². The second-order valence-corrected chi connectivity index (χ2v) is 13.0. The lowest BCUT2D eigenvalue weighted by Gasteiger charge is -2.54. The maximum Gasteiger partial charge on any atom is 0.261 e. The quantitative estimate of drug-likeness (QED) is 0.512. The van der Waals surface area contributed by atoms with Crippen LogP contribution in [0.4, 0.5) is 0 Å². The van der Waals surface area contributed by atoms with Gasteiger partial charge in [-0.1, -0.05) is 21.6 Å². The zero-order chi connectivity index (χ0) is 21.2. The van der Waals surface area contributed by atoms with Crippen LogP contribution in [-0.2, 0) is 19.2 Å². The number of aliphatic hydroxyl groups excluding tert-OH is 2. The maximum absolute atomic E-state index is 14.1. The van der Waals surface area contributed by atoms with Crippen LogP contribution in [0.15, 0.2) is 0 Å². The van der Waals surface area contributed by atoms with Gasteiger partial charge in [-0.05, 0) is 12.7 Å². The molecule has 3 bridgehead atoms. The van der Waals surface area contributed by atoms with Crippen LogP contribution < -0.4 is 0 Å². The molecule has 0 aromatic heterocycles. The SMILES string of the molecule is CS[C@@]12C[C@H]3C(=O)CC[C@H](O)[C@H]3N1C(=O)[C@@]13C[C@H]4C(=O)C[C@H](SS1)[C@H](O)[C@H]4N3C2=O. The van der Waals surface area contributed by atoms with Gasteiger partial charge in [0.05, 0.1) is 29.5 Å². The number of hydrogen-bond donors (Lipinski definition) is 2. The van der Waals surface area contributed by atoms with E-state index < -0.39 is 45.9 Å². The molecule has 2 N–H and O–H groups in total. The van der Waals surface area contributed by atoms with E-state index in [1.807, 2.05) is 0 Å². The van der Waals surface area contributed by atoms with Crippen molar-refractivity contribution in [1.29, 1.82) is 0 Å². The van der Waals surface area contributed by atoms with Crippen molar-refractivity contribution in [2.24, 2.45) is 11.8 Å². The third-order valence-corrected chi connectivity index (χ3v) is 12.7. The van der Waals surface area contributed by atoms with Crippen LogP contribution in [0.1, 0.15) is 32.1 Å². The molecule has 2 aliphatic carbocycles. The molecule has 11 heteroatoms. The Balaban J connectivity index is 1.54. The van der Waals surface area contributed by atoms with Crippen LogP contribution in [0, 0.1) is 11.8 Å². The summed E-state index contributed by atoms with van der Waals surface area (Å²) in [6.07, 6.45) is 1.17. The maximum atomic E-state index is 14.1. The smallest absolute Gasteiger partial charge is 0.261 e. The van der Waals surface area contributed by atoms with E-state index in [4.69, 9.17) is 0 Å². The Labute approximate surface area is 185 Å².